The second kappa shape index (κ2) is 6.10. The van der Waals surface area contributed by atoms with Crippen molar-refractivity contribution in [1.82, 2.24) is 4.57 Å². The zero-order chi connectivity index (χ0) is 14.7. The molecule has 0 radical (unpaired) electrons. The Kier molecular flexibility index (Phi) is 4.46. The number of hydrogen-bond acceptors (Lipinski definition) is 4. The molecule has 0 saturated carbocycles. The van der Waals surface area contributed by atoms with Crippen molar-refractivity contribution in [3.05, 3.63) is 27.7 Å². The number of ether oxygens (including phenoxy) is 1. The van der Waals surface area contributed by atoms with E-state index < -0.39 is 0 Å². The minimum Gasteiger partial charge on any atom is -0.378 e. The summed E-state index contributed by atoms with van der Waals surface area (Å²) < 4.78 is 7.03. The number of rotatable bonds is 3. The Bertz CT molecular complexity index is 578. The molecule has 0 N–H and O–H groups in total. The number of nitriles is 1. The Labute approximate surface area is 119 Å². The van der Waals surface area contributed by atoms with Gasteiger partial charge in [-0.2, -0.15) is 5.26 Å². The van der Waals surface area contributed by atoms with Gasteiger partial charge in [0.15, 0.2) is 0 Å². The molecule has 0 amide bonds. The molecule has 108 valence electrons. The van der Waals surface area contributed by atoms with Crippen LogP contribution < -0.4 is 10.5 Å². The first kappa shape index (κ1) is 14.6. The average Bonchev–Trinajstić information content (AvgIpc) is 2.43. The van der Waals surface area contributed by atoms with Crippen LogP contribution in [-0.4, -0.2) is 30.9 Å². The molecule has 2 heterocycles. The second-order valence-corrected chi connectivity index (χ2v) is 5.57. The van der Waals surface area contributed by atoms with E-state index in [1.807, 2.05) is 13.0 Å². The normalized spacial score (nSPS) is 15.4. The van der Waals surface area contributed by atoms with Gasteiger partial charge < -0.3 is 14.2 Å². The molecule has 0 unspecified atom stereocenters. The third-order valence-corrected chi connectivity index (χ3v) is 3.50. The maximum absolute atomic E-state index is 12.5. The van der Waals surface area contributed by atoms with Crippen molar-refractivity contribution in [2.45, 2.75) is 27.3 Å². The molecule has 0 bridgehead atoms. The molecule has 20 heavy (non-hydrogen) atoms. The molecule has 1 aliphatic rings. The van der Waals surface area contributed by atoms with E-state index in [1.54, 1.807) is 4.57 Å². The number of pyridine rings is 1. The molecule has 0 atom stereocenters. The van der Waals surface area contributed by atoms with Crippen LogP contribution in [0.2, 0.25) is 0 Å². The summed E-state index contributed by atoms with van der Waals surface area (Å²) in [7, 11) is 0. The van der Waals surface area contributed by atoms with Crippen molar-refractivity contribution in [3.8, 4) is 6.07 Å². The standard InChI is InChI=1S/C15H21N3O2/c1-11(2)10-18-12(3)8-14(13(9-16)15(18)19)17-4-6-20-7-5-17/h8,11H,4-7,10H2,1-3H3. The molecule has 2 rings (SSSR count). The van der Waals surface area contributed by atoms with Crippen molar-refractivity contribution < 1.29 is 4.74 Å². The van der Waals surface area contributed by atoms with Crippen LogP contribution in [0.3, 0.4) is 0 Å². The number of aryl methyl sites for hydroxylation is 1. The first-order chi connectivity index (χ1) is 9.54. The highest BCUT2D eigenvalue weighted by Gasteiger charge is 2.20. The van der Waals surface area contributed by atoms with Gasteiger partial charge in [0.25, 0.3) is 5.56 Å². The number of aromatic nitrogens is 1. The minimum atomic E-state index is -0.178. The Hall–Kier alpha value is -1.80. The van der Waals surface area contributed by atoms with Gasteiger partial charge in [0, 0.05) is 25.3 Å². The average molecular weight is 275 g/mol. The predicted octanol–water partition coefficient (Wildman–Crippen LogP) is 1.52. The summed E-state index contributed by atoms with van der Waals surface area (Å²) in [4.78, 5) is 14.6. The lowest BCUT2D eigenvalue weighted by Crippen LogP contribution is -2.39. The topological polar surface area (TPSA) is 58.3 Å². The number of hydrogen-bond donors (Lipinski definition) is 0. The molecule has 0 aromatic carbocycles. The van der Waals surface area contributed by atoms with Gasteiger partial charge in [-0.15, -0.1) is 0 Å². The summed E-state index contributed by atoms with van der Waals surface area (Å²) in [5.41, 5.74) is 1.73. The monoisotopic (exact) mass is 275 g/mol. The van der Waals surface area contributed by atoms with E-state index in [-0.39, 0.29) is 11.1 Å². The summed E-state index contributed by atoms with van der Waals surface area (Å²) in [5.74, 6) is 0.368. The van der Waals surface area contributed by atoms with Gasteiger partial charge >= 0.3 is 0 Å². The van der Waals surface area contributed by atoms with Crippen LogP contribution in [0.5, 0.6) is 0 Å². The van der Waals surface area contributed by atoms with Gasteiger partial charge in [0.2, 0.25) is 0 Å². The summed E-state index contributed by atoms with van der Waals surface area (Å²) in [6.07, 6.45) is 0. The van der Waals surface area contributed by atoms with Gasteiger partial charge in [-0.1, -0.05) is 13.8 Å². The predicted molar refractivity (Wildman–Crippen MR) is 78.0 cm³/mol. The Morgan fingerprint density at radius 3 is 2.60 bits per heavy atom. The lowest BCUT2D eigenvalue weighted by atomic mass is 10.1. The quantitative estimate of drug-likeness (QED) is 0.839. The third-order valence-electron chi connectivity index (χ3n) is 3.50. The van der Waals surface area contributed by atoms with Crippen LogP contribution in [-0.2, 0) is 11.3 Å². The van der Waals surface area contributed by atoms with E-state index in [4.69, 9.17) is 4.74 Å². The van der Waals surface area contributed by atoms with E-state index >= 15 is 0 Å². The van der Waals surface area contributed by atoms with Crippen molar-refractivity contribution in [3.63, 3.8) is 0 Å². The van der Waals surface area contributed by atoms with Crippen LogP contribution in [0.15, 0.2) is 10.9 Å². The zero-order valence-electron chi connectivity index (χ0n) is 12.3. The van der Waals surface area contributed by atoms with E-state index in [0.29, 0.717) is 25.7 Å². The fraction of sp³-hybridized carbons (Fsp3) is 0.600. The Morgan fingerprint density at radius 1 is 1.40 bits per heavy atom. The van der Waals surface area contributed by atoms with Crippen molar-refractivity contribution >= 4 is 5.69 Å². The Morgan fingerprint density at radius 2 is 2.05 bits per heavy atom. The number of nitrogens with zero attached hydrogens (tertiary/aromatic N) is 3. The molecule has 1 saturated heterocycles. The molecule has 1 aromatic heterocycles. The van der Waals surface area contributed by atoms with Gasteiger partial charge in [0.05, 0.1) is 18.9 Å². The lowest BCUT2D eigenvalue weighted by Gasteiger charge is -2.30. The SMILES string of the molecule is Cc1cc(N2CCOCC2)c(C#N)c(=O)n1CC(C)C. The molecular formula is C15H21N3O2. The highest BCUT2D eigenvalue weighted by atomic mass is 16.5. The van der Waals surface area contributed by atoms with Crippen LogP contribution in [0.4, 0.5) is 5.69 Å². The van der Waals surface area contributed by atoms with Gasteiger partial charge in [-0.25, -0.2) is 0 Å². The van der Waals surface area contributed by atoms with Gasteiger partial charge in [-0.05, 0) is 18.9 Å². The van der Waals surface area contributed by atoms with Crippen LogP contribution in [0.25, 0.3) is 0 Å². The summed E-state index contributed by atoms with van der Waals surface area (Å²) >= 11 is 0. The highest BCUT2D eigenvalue weighted by Crippen LogP contribution is 2.20. The summed E-state index contributed by atoms with van der Waals surface area (Å²) in [5, 5.41) is 9.36. The van der Waals surface area contributed by atoms with E-state index in [1.165, 1.54) is 0 Å². The van der Waals surface area contributed by atoms with Gasteiger partial charge in [-0.3, -0.25) is 4.79 Å². The van der Waals surface area contributed by atoms with E-state index in [2.05, 4.69) is 24.8 Å². The van der Waals surface area contributed by atoms with Crippen LogP contribution in [0, 0.1) is 24.2 Å². The van der Waals surface area contributed by atoms with E-state index in [9.17, 15) is 10.1 Å². The third kappa shape index (κ3) is 2.86. The molecule has 5 heteroatoms. The maximum Gasteiger partial charge on any atom is 0.270 e. The molecule has 0 aliphatic carbocycles. The van der Waals surface area contributed by atoms with Crippen LogP contribution >= 0.6 is 0 Å². The first-order valence-electron chi connectivity index (χ1n) is 7.01. The van der Waals surface area contributed by atoms with Crippen molar-refractivity contribution in [1.29, 1.82) is 5.26 Å². The fourth-order valence-electron chi connectivity index (χ4n) is 2.50. The maximum atomic E-state index is 12.5. The molecule has 5 nitrogen and oxygen atoms in total. The number of morpholine rings is 1. The highest BCUT2D eigenvalue weighted by molar-refractivity contribution is 5.59. The summed E-state index contributed by atoms with van der Waals surface area (Å²) in [6, 6.07) is 4.04. The first-order valence-corrected chi connectivity index (χ1v) is 7.01. The summed E-state index contributed by atoms with van der Waals surface area (Å²) in [6.45, 7) is 9.42. The van der Waals surface area contributed by atoms with E-state index in [0.717, 1.165) is 24.5 Å². The van der Waals surface area contributed by atoms with Crippen molar-refractivity contribution in [2.24, 2.45) is 5.92 Å². The molecular weight excluding hydrogens is 254 g/mol. The Balaban J connectivity index is 2.49. The molecule has 1 aromatic rings. The fourth-order valence-corrected chi connectivity index (χ4v) is 2.50. The lowest BCUT2D eigenvalue weighted by molar-refractivity contribution is 0.122. The molecule has 1 fully saturated rings. The zero-order valence-corrected chi connectivity index (χ0v) is 12.3. The second-order valence-electron chi connectivity index (χ2n) is 5.57. The number of anilines is 1. The van der Waals surface area contributed by atoms with Crippen molar-refractivity contribution in [2.75, 3.05) is 31.2 Å². The van der Waals surface area contributed by atoms with Gasteiger partial charge in [0.1, 0.15) is 11.6 Å². The largest absolute Gasteiger partial charge is 0.378 e. The molecule has 0 spiro atoms. The smallest absolute Gasteiger partial charge is 0.270 e. The molecule has 1 aliphatic heterocycles. The van der Waals surface area contributed by atoms with Crippen LogP contribution in [0.1, 0.15) is 25.1 Å². The minimum absolute atomic E-state index is 0.178.